The Kier molecular flexibility index (Phi) is 5.08. The summed E-state index contributed by atoms with van der Waals surface area (Å²) in [6, 6.07) is 8.07. The van der Waals surface area contributed by atoms with Gasteiger partial charge in [-0.15, -0.1) is 0 Å². The molecule has 2 fully saturated rings. The number of rotatable bonds is 3. The van der Waals surface area contributed by atoms with Crippen LogP contribution in [0, 0.1) is 0 Å². The van der Waals surface area contributed by atoms with Crippen molar-refractivity contribution in [1.29, 1.82) is 0 Å². The van der Waals surface area contributed by atoms with Crippen LogP contribution in [0.1, 0.15) is 22.3 Å². The average molecular weight is 433 g/mol. The first-order valence-corrected chi connectivity index (χ1v) is 9.47. The van der Waals surface area contributed by atoms with Gasteiger partial charge in [-0.3, -0.25) is 9.59 Å². The second kappa shape index (κ2) is 7.60. The van der Waals surface area contributed by atoms with Gasteiger partial charge in [0.1, 0.15) is 11.8 Å². The van der Waals surface area contributed by atoms with Crippen LogP contribution in [0.25, 0.3) is 0 Å². The number of nitrogens with zero attached hydrogens (tertiary/aromatic N) is 2. The number of fused-ring (bicyclic) bond motifs is 1. The van der Waals surface area contributed by atoms with Crippen LogP contribution in [0.5, 0.6) is 5.75 Å². The number of carbonyl (C=O) groups excluding carboxylic acids is 3. The second-order valence-corrected chi connectivity index (χ2v) is 7.24. The number of anilines is 1. The normalized spacial score (nSPS) is 21.0. The molecule has 2 heterocycles. The van der Waals surface area contributed by atoms with E-state index in [1.807, 2.05) is 0 Å². The largest absolute Gasteiger partial charge is 0.497 e. The zero-order valence-corrected chi connectivity index (χ0v) is 16.3. The molecule has 2 aromatic carbocycles. The second-order valence-electron chi connectivity index (χ2n) is 7.24. The van der Waals surface area contributed by atoms with Gasteiger partial charge in [-0.05, 0) is 42.8 Å². The summed E-state index contributed by atoms with van der Waals surface area (Å²) < 4.78 is 43.5. The van der Waals surface area contributed by atoms with Crippen molar-refractivity contribution in [2.75, 3.05) is 18.6 Å². The molecule has 2 saturated heterocycles. The summed E-state index contributed by atoms with van der Waals surface area (Å²) in [4.78, 5) is 41.0. The van der Waals surface area contributed by atoms with E-state index >= 15 is 0 Å². The Hall–Kier alpha value is -3.56. The minimum atomic E-state index is -4.51. The third-order valence-corrected chi connectivity index (χ3v) is 5.41. The number of benzene rings is 2. The number of ether oxygens (including phenoxy) is 1. The number of carbonyl (C=O) groups is 3. The Labute approximate surface area is 175 Å². The molecule has 0 bridgehead atoms. The lowest BCUT2D eigenvalue weighted by Crippen LogP contribution is -2.65. The van der Waals surface area contributed by atoms with E-state index in [-0.39, 0.29) is 17.8 Å². The van der Waals surface area contributed by atoms with Gasteiger partial charge in [-0.2, -0.15) is 13.2 Å². The van der Waals surface area contributed by atoms with E-state index in [4.69, 9.17) is 4.74 Å². The summed E-state index contributed by atoms with van der Waals surface area (Å²) in [5, 5.41) is 2.74. The molecule has 0 saturated carbocycles. The van der Waals surface area contributed by atoms with Crippen molar-refractivity contribution in [1.82, 2.24) is 10.2 Å². The predicted molar refractivity (Wildman–Crippen MR) is 104 cm³/mol. The molecule has 0 aromatic heterocycles. The summed E-state index contributed by atoms with van der Waals surface area (Å²) in [7, 11) is 1.45. The Morgan fingerprint density at radius 2 is 1.84 bits per heavy atom. The maximum Gasteiger partial charge on any atom is 0.416 e. The minimum absolute atomic E-state index is 0.0336. The van der Waals surface area contributed by atoms with E-state index in [1.54, 1.807) is 18.2 Å². The van der Waals surface area contributed by atoms with Crippen LogP contribution in [0.15, 0.2) is 48.5 Å². The van der Waals surface area contributed by atoms with Crippen molar-refractivity contribution in [3.63, 3.8) is 0 Å². The molecule has 2 aliphatic heterocycles. The summed E-state index contributed by atoms with van der Waals surface area (Å²) in [6.07, 6.45) is -4.15. The van der Waals surface area contributed by atoms with Crippen molar-refractivity contribution in [3.05, 3.63) is 59.7 Å². The fourth-order valence-electron chi connectivity index (χ4n) is 3.89. The maximum absolute atomic E-state index is 13.2. The maximum atomic E-state index is 13.2. The van der Waals surface area contributed by atoms with Crippen molar-refractivity contribution in [2.24, 2.45) is 0 Å². The third kappa shape index (κ3) is 3.69. The minimum Gasteiger partial charge on any atom is -0.497 e. The van der Waals surface area contributed by atoms with Gasteiger partial charge in [0, 0.05) is 18.2 Å². The molecule has 0 spiro atoms. The van der Waals surface area contributed by atoms with Gasteiger partial charge in [-0.25, -0.2) is 9.69 Å². The molecule has 7 nitrogen and oxygen atoms in total. The van der Waals surface area contributed by atoms with E-state index in [1.165, 1.54) is 18.1 Å². The van der Waals surface area contributed by atoms with Crippen LogP contribution < -0.4 is 15.0 Å². The van der Waals surface area contributed by atoms with Gasteiger partial charge < -0.3 is 15.0 Å². The molecular weight excluding hydrogens is 415 g/mol. The first kappa shape index (κ1) is 20.7. The van der Waals surface area contributed by atoms with Crippen LogP contribution in [0.3, 0.4) is 0 Å². The number of halogens is 3. The lowest BCUT2D eigenvalue weighted by molar-refractivity contribution is -0.137. The lowest BCUT2D eigenvalue weighted by atomic mass is 10.0. The summed E-state index contributed by atoms with van der Waals surface area (Å²) in [5.41, 5.74) is -0.547. The molecular formula is C21H18F3N3O4. The molecule has 0 radical (unpaired) electrons. The van der Waals surface area contributed by atoms with Gasteiger partial charge in [0.25, 0.3) is 11.8 Å². The number of amides is 4. The first-order valence-electron chi connectivity index (χ1n) is 9.47. The Morgan fingerprint density at radius 3 is 2.48 bits per heavy atom. The van der Waals surface area contributed by atoms with Crippen LogP contribution in [-0.4, -0.2) is 48.5 Å². The van der Waals surface area contributed by atoms with E-state index in [9.17, 15) is 27.6 Å². The molecule has 4 amide bonds. The number of likely N-dealkylation sites (tertiary alicyclic amines) is 1. The lowest BCUT2D eigenvalue weighted by Gasteiger charge is -2.37. The SMILES string of the molecule is COc1cccc(N2C(=O)N[C@@H]3CCN(C(=O)c4ccc(C(F)(F)F)cc4)[C@H]3C2=O)c1. The van der Waals surface area contributed by atoms with Crippen LogP contribution >= 0.6 is 0 Å². The topological polar surface area (TPSA) is 79.0 Å². The monoisotopic (exact) mass is 433 g/mol. The number of methoxy groups -OCH3 is 1. The number of hydrogen-bond donors (Lipinski definition) is 1. The fourth-order valence-corrected chi connectivity index (χ4v) is 3.89. The molecule has 0 aliphatic carbocycles. The molecule has 31 heavy (non-hydrogen) atoms. The highest BCUT2D eigenvalue weighted by Crippen LogP contribution is 2.32. The Morgan fingerprint density at radius 1 is 1.13 bits per heavy atom. The number of imide groups is 1. The molecule has 1 N–H and O–H groups in total. The quantitative estimate of drug-likeness (QED) is 0.807. The van der Waals surface area contributed by atoms with E-state index in [0.717, 1.165) is 29.2 Å². The molecule has 4 rings (SSSR count). The van der Waals surface area contributed by atoms with Gasteiger partial charge in [0.05, 0.1) is 24.4 Å². The Bertz CT molecular complexity index is 1040. The Balaban J connectivity index is 1.61. The van der Waals surface area contributed by atoms with Crippen molar-refractivity contribution in [3.8, 4) is 5.75 Å². The highest BCUT2D eigenvalue weighted by Gasteiger charge is 2.50. The average Bonchev–Trinajstić information content (AvgIpc) is 3.17. The summed E-state index contributed by atoms with van der Waals surface area (Å²) in [6.45, 7) is 0.188. The molecule has 2 aromatic rings. The third-order valence-electron chi connectivity index (χ3n) is 5.41. The van der Waals surface area contributed by atoms with E-state index in [2.05, 4.69) is 5.32 Å². The highest BCUT2D eigenvalue weighted by molar-refractivity contribution is 6.19. The van der Waals surface area contributed by atoms with E-state index < -0.39 is 41.7 Å². The van der Waals surface area contributed by atoms with Gasteiger partial charge >= 0.3 is 12.2 Å². The fraction of sp³-hybridized carbons (Fsp3) is 0.286. The molecule has 2 aliphatic rings. The molecule has 0 unspecified atom stereocenters. The number of alkyl halides is 3. The van der Waals surface area contributed by atoms with Gasteiger partial charge in [0.2, 0.25) is 0 Å². The van der Waals surface area contributed by atoms with Gasteiger partial charge in [-0.1, -0.05) is 6.07 Å². The summed E-state index contributed by atoms with van der Waals surface area (Å²) >= 11 is 0. The van der Waals surface area contributed by atoms with Crippen molar-refractivity contribution in [2.45, 2.75) is 24.7 Å². The zero-order chi connectivity index (χ0) is 22.3. The molecule has 10 heteroatoms. The highest BCUT2D eigenvalue weighted by atomic mass is 19.4. The number of urea groups is 1. The summed E-state index contributed by atoms with van der Waals surface area (Å²) in [5.74, 6) is -0.708. The van der Waals surface area contributed by atoms with Crippen molar-refractivity contribution >= 4 is 23.5 Å². The van der Waals surface area contributed by atoms with Gasteiger partial charge in [0.15, 0.2) is 0 Å². The number of nitrogens with one attached hydrogen (secondary N) is 1. The first-order chi connectivity index (χ1) is 14.7. The zero-order valence-electron chi connectivity index (χ0n) is 16.3. The van der Waals surface area contributed by atoms with Crippen LogP contribution in [0.2, 0.25) is 0 Å². The predicted octanol–water partition coefficient (Wildman–Crippen LogP) is 3.05. The molecule has 162 valence electrons. The van der Waals surface area contributed by atoms with E-state index in [0.29, 0.717) is 12.2 Å². The van der Waals surface area contributed by atoms with Crippen molar-refractivity contribution < 1.29 is 32.3 Å². The smallest absolute Gasteiger partial charge is 0.416 e. The van der Waals surface area contributed by atoms with Crippen LogP contribution in [-0.2, 0) is 11.0 Å². The standard InChI is InChI=1S/C21H18F3N3O4/c1-31-15-4-2-3-14(11-15)27-19(29)17-16(25-20(27)30)9-10-26(17)18(28)12-5-7-13(8-6-12)21(22,23)24/h2-8,11,16-17H,9-10H2,1H3,(H,25,30)/t16-,17-/m1/s1. The number of hydrogen-bond acceptors (Lipinski definition) is 4. The molecule has 2 atom stereocenters. The van der Waals surface area contributed by atoms with Crippen LogP contribution in [0.4, 0.5) is 23.7 Å².